The number of hydrogen-bond acceptors (Lipinski definition) is 4. The first-order valence-corrected chi connectivity index (χ1v) is 9.95. The van der Waals surface area contributed by atoms with Gasteiger partial charge in [0.2, 0.25) is 0 Å². The molecule has 0 amide bonds. The van der Waals surface area contributed by atoms with Crippen LogP contribution in [0.1, 0.15) is 57.9 Å². The van der Waals surface area contributed by atoms with E-state index in [0.717, 1.165) is 24.3 Å². The summed E-state index contributed by atoms with van der Waals surface area (Å²) in [6.45, 7) is 5.68. The van der Waals surface area contributed by atoms with Crippen molar-refractivity contribution in [2.75, 3.05) is 13.2 Å². The largest absolute Gasteiger partial charge is 0.507 e. The topological polar surface area (TPSA) is 51.0 Å². The van der Waals surface area contributed by atoms with Crippen molar-refractivity contribution in [3.05, 3.63) is 48.0 Å². The molecular formula is C23H31NO3. The fourth-order valence-electron chi connectivity index (χ4n) is 2.61. The minimum atomic E-state index is 0.171. The fourth-order valence-corrected chi connectivity index (χ4v) is 2.61. The Hall–Kier alpha value is -2.49. The average Bonchev–Trinajstić information content (AvgIpc) is 2.69. The van der Waals surface area contributed by atoms with Gasteiger partial charge in [-0.15, -0.1) is 0 Å². The van der Waals surface area contributed by atoms with Crippen LogP contribution in [0.5, 0.6) is 17.2 Å². The first kappa shape index (κ1) is 20.8. The molecule has 0 aliphatic heterocycles. The van der Waals surface area contributed by atoms with E-state index in [1.54, 1.807) is 12.3 Å². The highest BCUT2D eigenvalue weighted by molar-refractivity contribution is 5.85. The molecule has 0 bridgehead atoms. The third kappa shape index (κ3) is 7.73. The molecule has 4 heteroatoms. The Kier molecular flexibility index (Phi) is 9.25. The van der Waals surface area contributed by atoms with Crippen molar-refractivity contribution in [2.45, 2.75) is 52.4 Å². The van der Waals surface area contributed by atoms with Gasteiger partial charge < -0.3 is 14.6 Å². The lowest BCUT2D eigenvalue weighted by atomic mass is 10.2. The van der Waals surface area contributed by atoms with Gasteiger partial charge in [0.05, 0.1) is 18.9 Å². The number of phenolic OH excluding ortho intramolecular Hbond substituents is 1. The van der Waals surface area contributed by atoms with Gasteiger partial charge in [-0.25, -0.2) is 0 Å². The molecule has 1 N–H and O–H groups in total. The average molecular weight is 370 g/mol. The van der Waals surface area contributed by atoms with Gasteiger partial charge in [0.1, 0.15) is 17.2 Å². The molecule has 4 nitrogen and oxygen atoms in total. The standard InChI is InChI=1S/C23H31NO3/c1-3-5-6-7-8-16-27-22-12-9-19(23(25)17-22)18-24-20-10-13-21(14-11-20)26-15-4-2/h9-14,17-18,25H,3-8,15-16H2,1-2H3. The molecular weight excluding hydrogens is 338 g/mol. The normalized spacial score (nSPS) is 11.0. The summed E-state index contributed by atoms with van der Waals surface area (Å²) in [6, 6.07) is 12.9. The van der Waals surface area contributed by atoms with E-state index in [1.165, 1.54) is 25.7 Å². The molecule has 0 aliphatic rings. The third-order valence-electron chi connectivity index (χ3n) is 4.18. The molecule has 27 heavy (non-hydrogen) atoms. The second-order valence-corrected chi connectivity index (χ2v) is 6.58. The number of unbranched alkanes of at least 4 members (excludes halogenated alkanes) is 4. The van der Waals surface area contributed by atoms with Crippen LogP contribution in [0.2, 0.25) is 0 Å². The quantitative estimate of drug-likeness (QED) is 0.354. The van der Waals surface area contributed by atoms with Gasteiger partial charge in [0.25, 0.3) is 0 Å². The number of rotatable bonds is 12. The molecule has 0 aliphatic carbocycles. The Morgan fingerprint density at radius 2 is 1.52 bits per heavy atom. The van der Waals surface area contributed by atoms with Gasteiger partial charge in [-0.2, -0.15) is 0 Å². The van der Waals surface area contributed by atoms with E-state index in [-0.39, 0.29) is 5.75 Å². The van der Waals surface area contributed by atoms with Crippen molar-refractivity contribution in [2.24, 2.45) is 4.99 Å². The molecule has 2 aromatic rings. The zero-order valence-electron chi connectivity index (χ0n) is 16.5. The minimum absolute atomic E-state index is 0.171. The number of nitrogens with zero attached hydrogens (tertiary/aromatic N) is 1. The van der Waals surface area contributed by atoms with Crippen LogP contribution in [0.15, 0.2) is 47.5 Å². The third-order valence-corrected chi connectivity index (χ3v) is 4.18. The zero-order valence-corrected chi connectivity index (χ0v) is 16.5. The number of ether oxygens (including phenoxy) is 2. The van der Waals surface area contributed by atoms with Crippen molar-refractivity contribution in [3.8, 4) is 17.2 Å². The number of benzene rings is 2. The summed E-state index contributed by atoms with van der Waals surface area (Å²) in [5.74, 6) is 1.71. The summed E-state index contributed by atoms with van der Waals surface area (Å²) in [6.07, 6.45) is 8.66. The van der Waals surface area contributed by atoms with Crippen molar-refractivity contribution in [1.82, 2.24) is 0 Å². The smallest absolute Gasteiger partial charge is 0.128 e. The van der Waals surface area contributed by atoms with Gasteiger partial charge in [-0.1, -0.05) is 39.5 Å². The summed E-state index contributed by atoms with van der Waals surface area (Å²) in [7, 11) is 0. The van der Waals surface area contributed by atoms with Crippen LogP contribution >= 0.6 is 0 Å². The molecule has 2 rings (SSSR count). The summed E-state index contributed by atoms with van der Waals surface area (Å²) >= 11 is 0. The van der Waals surface area contributed by atoms with E-state index in [4.69, 9.17) is 9.47 Å². The molecule has 0 radical (unpaired) electrons. The van der Waals surface area contributed by atoms with Crippen LogP contribution < -0.4 is 9.47 Å². The molecule has 0 saturated carbocycles. The van der Waals surface area contributed by atoms with E-state index in [2.05, 4.69) is 18.8 Å². The molecule has 0 fully saturated rings. The minimum Gasteiger partial charge on any atom is -0.507 e. The van der Waals surface area contributed by atoms with E-state index in [0.29, 0.717) is 24.5 Å². The van der Waals surface area contributed by atoms with Crippen molar-refractivity contribution >= 4 is 11.9 Å². The van der Waals surface area contributed by atoms with E-state index in [9.17, 15) is 5.11 Å². The number of phenols is 1. The van der Waals surface area contributed by atoms with Crippen LogP contribution in [0.4, 0.5) is 5.69 Å². The maximum absolute atomic E-state index is 10.2. The molecule has 0 heterocycles. The van der Waals surface area contributed by atoms with Crippen LogP contribution in [-0.4, -0.2) is 24.5 Å². The number of aromatic hydroxyl groups is 1. The highest BCUT2D eigenvalue weighted by Gasteiger charge is 2.02. The van der Waals surface area contributed by atoms with Crippen LogP contribution in [0, 0.1) is 0 Å². The van der Waals surface area contributed by atoms with Crippen molar-refractivity contribution in [3.63, 3.8) is 0 Å². The number of aliphatic imine (C=N–C) groups is 1. The molecule has 2 aromatic carbocycles. The molecule has 0 aromatic heterocycles. The molecule has 0 spiro atoms. The summed E-state index contributed by atoms with van der Waals surface area (Å²) in [5.41, 5.74) is 1.47. The second-order valence-electron chi connectivity index (χ2n) is 6.58. The molecule has 0 unspecified atom stereocenters. The molecule has 0 atom stereocenters. The first-order valence-electron chi connectivity index (χ1n) is 9.95. The predicted octanol–water partition coefficient (Wildman–Crippen LogP) is 6.28. The summed E-state index contributed by atoms with van der Waals surface area (Å²) < 4.78 is 11.3. The predicted molar refractivity (Wildman–Crippen MR) is 112 cm³/mol. The maximum atomic E-state index is 10.2. The van der Waals surface area contributed by atoms with E-state index < -0.39 is 0 Å². The Morgan fingerprint density at radius 1 is 0.815 bits per heavy atom. The van der Waals surface area contributed by atoms with Gasteiger partial charge in [0.15, 0.2) is 0 Å². The number of hydrogen-bond donors (Lipinski definition) is 1. The highest BCUT2D eigenvalue weighted by atomic mass is 16.5. The monoisotopic (exact) mass is 369 g/mol. The Morgan fingerprint density at radius 3 is 2.22 bits per heavy atom. The molecule has 146 valence electrons. The van der Waals surface area contributed by atoms with Gasteiger partial charge in [-0.05, 0) is 49.2 Å². The lowest BCUT2D eigenvalue weighted by Crippen LogP contribution is -1.97. The van der Waals surface area contributed by atoms with Gasteiger partial charge in [0, 0.05) is 17.8 Å². The lowest BCUT2D eigenvalue weighted by molar-refractivity contribution is 0.303. The van der Waals surface area contributed by atoms with Gasteiger partial charge >= 0.3 is 0 Å². The van der Waals surface area contributed by atoms with E-state index >= 15 is 0 Å². The van der Waals surface area contributed by atoms with Crippen molar-refractivity contribution < 1.29 is 14.6 Å². The lowest BCUT2D eigenvalue weighted by Gasteiger charge is -2.07. The Balaban J connectivity index is 1.85. The van der Waals surface area contributed by atoms with E-state index in [1.807, 2.05) is 36.4 Å². The summed E-state index contributed by atoms with van der Waals surface area (Å²) in [5, 5.41) is 10.2. The van der Waals surface area contributed by atoms with Crippen LogP contribution in [-0.2, 0) is 0 Å². The Bertz CT molecular complexity index is 695. The zero-order chi connectivity index (χ0) is 19.3. The molecule has 0 saturated heterocycles. The van der Waals surface area contributed by atoms with Gasteiger partial charge in [-0.3, -0.25) is 4.99 Å². The first-order chi connectivity index (χ1) is 13.2. The summed E-state index contributed by atoms with van der Waals surface area (Å²) in [4.78, 5) is 4.41. The van der Waals surface area contributed by atoms with Crippen molar-refractivity contribution in [1.29, 1.82) is 0 Å². The van der Waals surface area contributed by atoms with Crippen LogP contribution in [0.3, 0.4) is 0 Å². The van der Waals surface area contributed by atoms with Crippen LogP contribution in [0.25, 0.3) is 0 Å². The SMILES string of the molecule is CCCCCCCOc1ccc(C=Nc2ccc(OCCC)cc2)c(O)c1. The Labute approximate surface area is 162 Å². The second kappa shape index (κ2) is 12.0. The highest BCUT2D eigenvalue weighted by Crippen LogP contribution is 2.24. The fraction of sp³-hybridized carbons (Fsp3) is 0.435. The maximum Gasteiger partial charge on any atom is 0.128 e.